The fourth-order valence-corrected chi connectivity index (χ4v) is 3.60. The summed E-state index contributed by atoms with van der Waals surface area (Å²) < 4.78 is 5.07. The number of benzene rings is 1. The van der Waals surface area contributed by atoms with Gasteiger partial charge in [-0.05, 0) is 37.0 Å². The van der Waals surface area contributed by atoms with E-state index in [9.17, 15) is 9.59 Å². The zero-order valence-electron chi connectivity index (χ0n) is 16.2. The Labute approximate surface area is 160 Å². The standard InChI is InChI=1S/C22H26N2O3/c1-4-19-8-7-18-6-5-17(15-20(18)23-19)9-10-22(21(26)27-3)11-13-24(14-12-22)16(2)25/h5-10,15H,4,11-14H2,1-3H3/b10-9+. The first-order valence-electron chi connectivity index (χ1n) is 9.40. The average Bonchev–Trinajstić information content (AvgIpc) is 2.71. The van der Waals surface area contributed by atoms with Crippen molar-refractivity contribution in [3.8, 4) is 0 Å². The number of carbonyl (C=O) groups excluding carboxylic acids is 2. The number of esters is 1. The summed E-state index contributed by atoms with van der Waals surface area (Å²) in [7, 11) is 1.42. The Hall–Kier alpha value is -2.69. The van der Waals surface area contributed by atoms with E-state index in [2.05, 4.69) is 18.0 Å². The highest BCUT2D eigenvalue weighted by molar-refractivity contribution is 5.84. The molecule has 0 N–H and O–H groups in total. The molecule has 1 aliphatic heterocycles. The van der Waals surface area contributed by atoms with Crippen LogP contribution in [0.15, 0.2) is 36.4 Å². The number of amides is 1. The number of pyridine rings is 1. The minimum Gasteiger partial charge on any atom is -0.468 e. The molecule has 1 amide bonds. The van der Waals surface area contributed by atoms with Gasteiger partial charge in [0, 0.05) is 31.1 Å². The highest BCUT2D eigenvalue weighted by atomic mass is 16.5. The summed E-state index contributed by atoms with van der Waals surface area (Å²) in [6.07, 6.45) is 5.96. The molecule has 142 valence electrons. The molecule has 5 nitrogen and oxygen atoms in total. The number of nitrogens with zero attached hydrogens (tertiary/aromatic N) is 2. The van der Waals surface area contributed by atoms with Crippen LogP contribution in [-0.4, -0.2) is 42.0 Å². The number of hydrogen-bond donors (Lipinski definition) is 0. The smallest absolute Gasteiger partial charge is 0.315 e. The summed E-state index contributed by atoms with van der Waals surface area (Å²) in [6, 6.07) is 10.3. The summed E-state index contributed by atoms with van der Waals surface area (Å²) in [6.45, 7) is 4.78. The SMILES string of the molecule is CCc1ccc2ccc(/C=C/C3(C(=O)OC)CCN(C(C)=O)CC3)cc2n1. The van der Waals surface area contributed by atoms with E-state index in [1.54, 1.807) is 11.8 Å². The molecular weight excluding hydrogens is 340 g/mol. The van der Waals surface area contributed by atoms with Crippen molar-refractivity contribution in [3.63, 3.8) is 0 Å². The molecule has 0 bridgehead atoms. The minimum atomic E-state index is -0.686. The second-order valence-corrected chi connectivity index (χ2v) is 7.10. The van der Waals surface area contributed by atoms with Crippen LogP contribution in [-0.2, 0) is 20.7 Å². The van der Waals surface area contributed by atoms with Crippen molar-refractivity contribution in [2.45, 2.75) is 33.1 Å². The molecule has 0 saturated carbocycles. The zero-order valence-corrected chi connectivity index (χ0v) is 16.2. The molecule has 0 aliphatic carbocycles. The van der Waals surface area contributed by atoms with Crippen molar-refractivity contribution >= 4 is 28.9 Å². The second kappa shape index (κ2) is 7.91. The predicted octanol–water partition coefficient (Wildman–Crippen LogP) is 3.61. The number of ether oxygens (including phenoxy) is 1. The van der Waals surface area contributed by atoms with Crippen LogP contribution in [0.25, 0.3) is 17.0 Å². The summed E-state index contributed by atoms with van der Waals surface area (Å²) in [5, 5.41) is 1.10. The molecule has 2 aromatic rings. The van der Waals surface area contributed by atoms with Gasteiger partial charge in [-0.1, -0.05) is 37.3 Å². The van der Waals surface area contributed by atoms with Crippen LogP contribution >= 0.6 is 0 Å². The van der Waals surface area contributed by atoms with Gasteiger partial charge in [-0.2, -0.15) is 0 Å². The van der Waals surface area contributed by atoms with Crippen LogP contribution in [0.4, 0.5) is 0 Å². The van der Waals surface area contributed by atoms with Crippen LogP contribution in [0, 0.1) is 5.41 Å². The van der Waals surface area contributed by atoms with Crippen molar-refractivity contribution in [1.29, 1.82) is 0 Å². The molecular formula is C22H26N2O3. The average molecular weight is 366 g/mol. The maximum absolute atomic E-state index is 12.5. The Balaban J connectivity index is 1.87. The summed E-state index contributed by atoms with van der Waals surface area (Å²) in [5.41, 5.74) is 2.33. The monoisotopic (exact) mass is 366 g/mol. The van der Waals surface area contributed by atoms with Gasteiger partial charge in [0.2, 0.25) is 5.91 Å². The number of aryl methyl sites for hydroxylation is 1. The van der Waals surface area contributed by atoms with E-state index in [1.807, 2.05) is 36.4 Å². The van der Waals surface area contributed by atoms with E-state index in [1.165, 1.54) is 7.11 Å². The third kappa shape index (κ3) is 4.02. The fraction of sp³-hybridized carbons (Fsp3) is 0.409. The van der Waals surface area contributed by atoms with E-state index in [0.29, 0.717) is 25.9 Å². The first-order chi connectivity index (χ1) is 13.0. The van der Waals surface area contributed by atoms with Gasteiger partial charge in [-0.15, -0.1) is 0 Å². The lowest BCUT2D eigenvalue weighted by molar-refractivity contribution is -0.153. The number of carbonyl (C=O) groups is 2. The Morgan fingerprint density at radius 1 is 1.22 bits per heavy atom. The first kappa shape index (κ1) is 19.1. The topological polar surface area (TPSA) is 59.5 Å². The normalized spacial score (nSPS) is 16.6. The number of piperidine rings is 1. The molecule has 0 atom stereocenters. The van der Waals surface area contributed by atoms with Crippen molar-refractivity contribution in [1.82, 2.24) is 9.88 Å². The maximum atomic E-state index is 12.5. The lowest BCUT2D eigenvalue weighted by Crippen LogP contribution is -2.45. The quantitative estimate of drug-likeness (QED) is 0.776. The van der Waals surface area contributed by atoms with Crippen LogP contribution in [0.2, 0.25) is 0 Å². The summed E-state index contributed by atoms with van der Waals surface area (Å²) in [5.74, 6) is -0.195. The molecule has 1 aromatic heterocycles. The van der Waals surface area contributed by atoms with E-state index in [-0.39, 0.29) is 11.9 Å². The molecule has 0 radical (unpaired) electrons. The van der Waals surface area contributed by atoms with Crippen LogP contribution in [0.5, 0.6) is 0 Å². The molecule has 0 unspecified atom stereocenters. The summed E-state index contributed by atoms with van der Waals surface area (Å²) in [4.78, 5) is 30.5. The van der Waals surface area contributed by atoms with Gasteiger partial charge in [-0.25, -0.2) is 0 Å². The molecule has 1 aromatic carbocycles. The van der Waals surface area contributed by atoms with Crippen LogP contribution in [0.3, 0.4) is 0 Å². The van der Waals surface area contributed by atoms with Gasteiger partial charge < -0.3 is 9.64 Å². The fourth-order valence-electron chi connectivity index (χ4n) is 3.60. The van der Waals surface area contributed by atoms with E-state index in [4.69, 9.17) is 4.74 Å². The third-order valence-electron chi connectivity index (χ3n) is 5.42. The molecule has 27 heavy (non-hydrogen) atoms. The number of rotatable bonds is 4. The van der Waals surface area contributed by atoms with Gasteiger partial charge in [0.25, 0.3) is 0 Å². The molecule has 0 spiro atoms. The number of methoxy groups -OCH3 is 1. The maximum Gasteiger partial charge on any atom is 0.315 e. The number of fused-ring (bicyclic) bond motifs is 1. The highest BCUT2D eigenvalue weighted by Crippen LogP contribution is 2.35. The number of hydrogen-bond acceptors (Lipinski definition) is 4. The van der Waals surface area contributed by atoms with E-state index < -0.39 is 5.41 Å². The number of aromatic nitrogens is 1. The van der Waals surface area contributed by atoms with Crippen LogP contribution in [0.1, 0.15) is 37.9 Å². The van der Waals surface area contributed by atoms with E-state index in [0.717, 1.165) is 28.6 Å². The Kier molecular flexibility index (Phi) is 5.59. The molecule has 3 rings (SSSR count). The lowest BCUT2D eigenvalue weighted by atomic mass is 9.77. The molecule has 5 heteroatoms. The van der Waals surface area contributed by atoms with Crippen molar-refractivity contribution < 1.29 is 14.3 Å². The molecule has 1 aliphatic rings. The Morgan fingerprint density at radius 2 is 1.93 bits per heavy atom. The van der Waals surface area contributed by atoms with Crippen molar-refractivity contribution in [3.05, 3.63) is 47.7 Å². The van der Waals surface area contributed by atoms with Crippen LogP contribution < -0.4 is 0 Å². The van der Waals surface area contributed by atoms with Gasteiger partial charge in [0.15, 0.2) is 0 Å². The molecule has 1 saturated heterocycles. The lowest BCUT2D eigenvalue weighted by Gasteiger charge is -2.37. The Morgan fingerprint density at radius 3 is 2.56 bits per heavy atom. The largest absolute Gasteiger partial charge is 0.468 e. The number of likely N-dealkylation sites (tertiary alicyclic amines) is 1. The Bertz CT molecular complexity index is 880. The summed E-state index contributed by atoms with van der Waals surface area (Å²) >= 11 is 0. The van der Waals surface area contributed by atoms with Crippen molar-refractivity contribution in [2.24, 2.45) is 5.41 Å². The van der Waals surface area contributed by atoms with E-state index >= 15 is 0 Å². The highest BCUT2D eigenvalue weighted by Gasteiger charge is 2.40. The third-order valence-corrected chi connectivity index (χ3v) is 5.42. The molecule has 1 fully saturated rings. The van der Waals surface area contributed by atoms with Crippen molar-refractivity contribution in [2.75, 3.05) is 20.2 Å². The second-order valence-electron chi connectivity index (χ2n) is 7.10. The van der Waals surface area contributed by atoms with Gasteiger partial charge in [0.1, 0.15) is 0 Å². The van der Waals surface area contributed by atoms with Gasteiger partial charge in [0.05, 0.1) is 18.0 Å². The molecule has 2 heterocycles. The minimum absolute atomic E-state index is 0.0461. The zero-order chi connectivity index (χ0) is 19.4. The van der Waals surface area contributed by atoms with Gasteiger partial charge >= 0.3 is 5.97 Å². The predicted molar refractivity (Wildman–Crippen MR) is 106 cm³/mol. The first-order valence-corrected chi connectivity index (χ1v) is 9.40. The van der Waals surface area contributed by atoms with Gasteiger partial charge in [-0.3, -0.25) is 14.6 Å².